The minimum absolute atomic E-state index is 0.169. The summed E-state index contributed by atoms with van der Waals surface area (Å²) in [4.78, 5) is 30.2. The topological polar surface area (TPSA) is 123 Å². The summed E-state index contributed by atoms with van der Waals surface area (Å²) in [5.74, 6) is 1.68. The number of carbonyl (C=O) groups is 2. The average Bonchev–Trinajstić information content (AvgIpc) is 3.34. The molecule has 4 bridgehead atoms. The van der Waals surface area contributed by atoms with Gasteiger partial charge in [-0.2, -0.15) is 0 Å². The molecule has 7 rings (SSSR count). The Balaban J connectivity index is 1.31. The van der Waals surface area contributed by atoms with Crippen LogP contribution in [0.3, 0.4) is 0 Å². The number of carbonyl (C=O) groups excluding carboxylic acids is 1. The summed E-state index contributed by atoms with van der Waals surface area (Å²) in [7, 11) is 0. The van der Waals surface area contributed by atoms with E-state index >= 15 is 0 Å². The van der Waals surface area contributed by atoms with Crippen LogP contribution >= 0.6 is 0 Å². The summed E-state index contributed by atoms with van der Waals surface area (Å²) >= 11 is 0. The number of amides is 2. The standard InChI is InChI=1S/C22H27N5O4/c23-20(28)22-9-12-7-13(10-22)18(14(8-12)11-22)19-15(3-5-26(19)21(29)30)31-17-2-1-16-24-4-6-27(16)25-17/h1-2,4,6,12-15,18-19H,3,5,7-11H2,(H2,23,28)(H,29,30)/t12?,13-,14?,15+,18?,19?,22?/m0/s1. The lowest BCUT2D eigenvalue weighted by Crippen LogP contribution is -2.61. The zero-order valence-corrected chi connectivity index (χ0v) is 17.3. The number of hydrogen-bond acceptors (Lipinski definition) is 5. The van der Waals surface area contributed by atoms with Gasteiger partial charge in [0.05, 0.1) is 6.04 Å². The monoisotopic (exact) mass is 425 g/mol. The molecule has 3 heterocycles. The molecule has 0 spiro atoms. The van der Waals surface area contributed by atoms with Crippen molar-refractivity contribution in [3.63, 3.8) is 0 Å². The van der Waals surface area contributed by atoms with Crippen LogP contribution in [0.4, 0.5) is 4.79 Å². The third-order valence-corrected chi connectivity index (χ3v) is 8.41. The lowest BCUT2D eigenvalue weighted by molar-refractivity contribution is -0.156. The van der Waals surface area contributed by atoms with Crippen molar-refractivity contribution in [1.82, 2.24) is 19.5 Å². The Bertz CT molecular complexity index is 1040. The minimum atomic E-state index is -0.896. The third-order valence-electron chi connectivity index (χ3n) is 8.41. The quantitative estimate of drug-likeness (QED) is 0.774. The van der Waals surface area contributed by atoms with Crippen LogP contribution < -0.4 is 10.5 Å². The second-order valence-electron chi connectivity index (χ2n) is 10.0. The van der Waals surface area contributed by atoms with E-state index in [1.807, 2.05) is 6.07 Å². The molecule has 0 aromatic carbocycles. The molecule has 5 fully saturated rings. The maximum atomic E-state index is 12.3. The van der Waals surface area contributed by atoms with Gasteiger partial charge in [-0.05, 0) is 61.8 Å². The van der Waals surface area contributed by atoms with Crippen molar-refractivity contribution < 1.29 is 19.4 Å². The number of nitrogens with zero attached hydrogens (tertiary/aromatic N) is 4. The minimum Gasteiger partial charge on any atom is -0.471 e. The van der Waals surface area contributed by atoms with Crippen molar-refractivity contribution in [2.24, 2.45) is 34.8 Å². The van der Waals surface area contributed by atoms with Gasteiger partial charge < -0.3 is 20.5 Å². The van der Waals surface area contributed by atoms with Crippen LogP contribution in [0.5, 0.6) is 5.88 Å². The molecule has 4 aliphatic carbocycles. The van der Waals surface area contributed by atoms with E-state index < -0.39 is 6.09 Å². The summed E-state index contributed by atoms with van der Waals surface area (Å²) in [6.07, 6.45) is 7.54. The van der Waals surface area contributed by atoms with Gasteiger partial charge in [0.1, 0.15) is 6.10 Å². The number of fused-ring (bicyclic) bond motifs is 1. The zero-order chi connectivity index (χ0) is 21.3. The fourth-order valence-electron chi connectivity index (χ4n) is 7.53. The van der Waals surface area contributed by atoms with Crippen molar-refractivity contribution in [3.8, 4) is 5.88 Å². The third kappa shape index (κ3) is 2.81. The number of ether oxygens (including phenoxy) is 1. The molecular weight excluding hydrogens is 398 g/mol. The Morgan fingerprint density at radius 3 is 2.68 bits per heavy atom. The lowest BCUT2D eigenvalue weighted by Gasteiger charge is -2.60. The van der Waals surface area contributed by atoms with Gasteiger partial charge in [0, 0.05) is 36.8 Å². The number of aromatic nitrogens is 3. The molecule has 31 heavy (non-hydrogen) atoms. The fourth-order valence-corrected chi connectivity index (χ4v) is 7.53. The molecule has 2 amide bonds. The van der Waals surface area contributed by atoms with E-state index in [-0.39, 0.29) is 29.4 Å². The van der Waals surface area contributed by atoms with Crippen molar-refractivity contribution in [3.05, 3.63) is 24.5 Å². The van der Waals surface area contributed by atoms with Crippen LogP contribution in [0.1, 0.15) is 38.5 Å². The normalized spacial score (nSPS) is 38.6. The fraction of sp³-hybridized carbons (Fsp3) is 0.636. The first-order valence-corrected chi connectivity index (χ1v) is 11.2. The second-order valence-corrected chi connectivity index (χ2v) is 10.0. The van der Waals surface area contributed by atoms with Crippen LogP contribution in [0.2, 0.25) is 0 Å². The summed E-state index contributed by atoms with van der Waals surface area (Å²) in [6.45, 7) is 0.457. The van der Waals surface area contributed by atoms with E-state index in [1.54, 1.807) is 27.9 Å². The molecule has 9 nitrogen and oxygen atoms in total. The highest BCUT2D eigenvalue weighted by atomic mass is 16.5. The van der Waals surface area contributed by atoms with E-state index in [4.69, 9.17) is 10.5 Å². The first kappa shape index (κ1) is 18.9. The van der Waals surface area contributed by atoms with Crippen molar-refractivity contribution in [2.75, 3.05) is 6.54 Å². The maximum absolute atomic E-state index is 12.3. The molecular formula is C22H27N5O4. The van der Waals surface area contributed by atoms with Gasteiger partial charge in [0.25, 0.3) is 0 Å². The number of carboxylic acid groups (broad SMARTS) is 1. The van der Waals surface area contributed by atoms with E-state index in [2.05, 4.69) is 10.1 Å². The predicted octanol–water partition coefficient (Wildman–Crippen LogP) is 2.16. The highest BCUT2D eigenvalue weighted by Gasteiger charge is 2.61. The Labute approximate surface area is 179 Å². The second kappa shape index (κ2) is 6.58. The van der Waals surface area contributed by atoms with E-state index in [1.165, 1.54) is 0 Å². The van der Waals surface area contributed by atoms with Gasteiger partial charge in [-0.3, -0.25) is 4.79 Å². The van der Waals surface area contributed by atoms with Gasteiger partial charge in [-0.25, -0.2) is 14.3 Å². The lowest BCUT2D eigenvalue weighted by atomic mass is 9.44. The molecule has 1 aliphatic heterocycles. The summed E-state index contributed by atoms with van der Waals surface area (Å²) in [6, 6.07) is 3.42. The predicted molar refractivity (Wildman–Crippen MR) is 109 cm³/mol. The van der Waals surface area contributed by atoms with Crippen LogP contribution in [0, 0.1) is 29.1 Å². The molecule has 7 atom stereocenters. The Morgan fingerprint density at radius 1 is 1.19 bits per heavy atom. The van der Waals surface area contributed by atoms with Gasteiger partial charge in [-0.15, -0.1) is 5.10 Å². The number of hydrogen-bond donors (Lipinski definition) is 2. The summed E-state index contributed by atoms with van der Waals surface area (Å²) < 4.78 is 7.98. The van der Waals surface area contributed by atoms with Crippen LogP contribution in [-0.4, -0.2) is 55.3 Å². The molecule has 1 saturated heterocycles. The first-order chi connectivity index (χ1) is 14.9. The molecule has 2 aromatic rings. The SMILES string of the molecule is NC(=O)C12CC3CC(C1)C(C1[C@H](Oc4ccc5nccn5n4)CCN1C(=O)O)[C@@H](C3)C2. The number of imidazole rings is 1. The number of rotatable bonds is 4. The van der Waals surface area contributed by atoms with E-state index in [9.17, 15) is 14.7 Å². The van der Waals surface area contributed by atoms with Crippen molar-refractivity contribution in [1.29, 1.82) is 0 Å². The Hall–Kier alpha value is -2.84. The van der Waals surface area contributed by atoms with Gasteiger partial charge >= 0.3 is 6.09 Å². The number of primary amides is 1. The highest BCUT2D eigenvalue weighted by molar-refractivity contribution is 5.81. The maximum Gasteiger partial charge on any atom is 0.407 e. The largest absolute Gasteiger partial charge is 0.471 e. The molecule has 0 radical (unpaired) electrons. The van der Waals surface area contributed by atoms with E-state index in [0.717, 1.165) is 37.8 Å². The number of nitrogens with two attached hydrogens (primary N) is 1. The Morgan fingerprint density at radius 2 is 1.97 bits per heavy atom. The molecule has 9 heteroatoms. The number of likely N-dealkylation sites (tertiary alicyclic amines) is 1. The highest BCUT2D eigenvalue weighted by Crippen LogP contribution is 2.63. The molecule has 2 aromatic heterocycles. The summed E-state index contributed by atoms with van der Waals surface area (Å²) in [5.41, 5.74) is 6.20. The molecule has 164 valence electrons. The Kier molecular flexibility index (Phi) is 4.01. The molecule has 4 saturated carbocycles. The van der Waals surface area contributed by atoms with E-state index in [0.29, 0.717) is 36.6 Å². The molecule has 5 unspecified atom stereocenters. The van der Waals surface area contributed by atoms with Crippen LogP contribution in [0.25, 0.3) is 5.65 Å². The smallest absolute Gasteiger partial charge is 0.407 e. The summed E-state index contributed by atoms with van der Waals surface area (Å²) in [5, 5.41) is 14.4. The van der Waals surface area contributed by atoms with Gasteiger partial charge in [-0.1, -0.05) is 0 Å². The van der Waals surface area contributed by atoms with Crippen LogP contribution in [0.15, 0.2) is 24.5 Å². The first-order valence-electron chi connectivity index (χ1n) is 11.2. The zero-order valence-electron chi connectivity index (χ0n) is 17.3. The van der Waals surface area contributed by atoms with Gasteiger partial charge in [0.2, 0.25) is 11.8 Å². The average molecular weight is 425 g/mol. The van der Waals surface area contributed by atoms with Crippen molar-refractivity contribution in [2.45, 2.75) is 50.7 Å². The van der Waals surface area contributed by atoms with Crippen molar-refractivity contribution >= 4 is 17.6 Å². The van der Waals surface area contributed by atoms with Gasteiger partial charge in [0.15, 0.2) is 5.65 Å². The molecule has 5 aliphatic rings. The van der Waals surface area contributed by atoms with Crippen LogP contribution in [-0.2, 0) is 4.79 Å². The molecule has 3 N–H and O–H groups in total.